The van der Waals surface area contributed by atoms with Crippen LogP contribution in [0.5, 0.6) is 0 Å². The highest BCUT2D eigenvalue weighted by Crippen LogP contribution is 2.03. The Bertz CT molecular complexity index is 262. The third-order valence-corrected chi connectivity index (χ3v) is 2.94. The molecule has 116 valence electrons. The lowest BCUT2D eigenvalue weighted by Crippen LogP contribution is -2.23. The van der Waals surface area contributed by atoms with Crippen LogP contribution >= 0.6 is 0 Å². The first kappa shape index (κ1) is 18.9. The van der Waals surface area contributed by atoms with E-state index in [1.54, 1.807) is 0 Å². The standard InChI is InChI=1S/C18H33NO/c1-16(2)12-8-5-6-10-14-18(20)19-15-11-7-9-13-17(3)4/h8-9,12-13,16-17H,5-7,10-11,14-15H2,1-4H3,(H,19,20)/b12-8+,13-9+. The molecule has 0 aliphatic rings. The van der Waals surface area contributed by atoms with Crippen LogP contribution in [0.4, 0.5) is 0 Å². The van der Waals surface area contributed by atoms with E-state index in [9.17, 15) is 4.79 Å². The van der Waals surface area contributed by atoms with Gasteiger partial charge < -0.3 is 5.32 Å². The number of hydrogen-bond acceptors (Lipinski definition) is 1. The highest BCUT2D eigenvalue weighted by Gasteiger charge is 1.99. The minimum atomic E-state index is 0.200. The number of carbonyl (C=O) groups is 1. The van der Waals surface area contributed by atoms with E-state index in [2.05, 4.69) is 57.3 Å². The van der Waals surface area contributed by atoms with Gasteiger partial charge in [-0.3, -0.25) is 4.79 Å². The summed E-state index contributed by atoms with van der Waals surface area (Å²) >= 11 is 0. The molecule has 0 aromatic carbocycles. The molecule has 0 rings (SSSR count). The highest BCUT2D eigenvalue weighted by molar-refractivity contribution is 5.75. The van der Waals surface area contributed by atoms with Gasteiger partial charge in [-0.05, 0) is 43.9 Å². The summed E-state index contributed by atoms with van der Waals surface area (Å²) < 4.78 is 0. The normalized spacial score (nSPS) is 12.1. The minimum absolute atomic E-state index is 0.200. The summed E-state index contributed by atoms with van der Waals surface area (Å²) in [6, 6.07) is 0. The maximum atomic E-state index is 11.6. The molecule has 0 atom stereocenters. The Kier molecular flexibility index (Phi) is 12.3. The van der Waals surface area contributed by atoms with Crippen LogP contribution in [0, 0.1) is 11.8 Å². The van der Waals surface area contributed by atoms with Crippen molar-refractivity contribution in [3.63, 3.8) is 0 Å². The van der Waals surface area contributed by atoms with Crippen LogP contribution in [0.25, 0.3) is 0 Å². The summed E-state index contributed by atoms with van der Waals surface area (Å²) in [7, 11) is 0. The number of rotatable bonds is 11. The van der Waals surface area contributed by atoms with Crippen LogP contribution in [0.1, 0.15) is 66.2 Å². The first-order valence-electron chi connectivity index (χ1n) is 8.12. The molecule has 1 N–H and O–H groups in total. The van der Waals surface area contributed by atoms with Gasteiger partial charge in [-0.1, -0.05) is 52.0 Å². The second kappa shape index (κ2) is 13.0. The molecule has 0 heterocycles. The van der Waals surface area contributed by atoms with Crippen LogP contribution < -0.4 is 5.32 Å². The number of unbranched alkanes of at least 4 members (excludes halogenated alkanes) is 3. The lowest BCUT2D eigenvalue weighted by molar-refractivity contribution is -0.121. The van der Waals surface area contributed by atoms with E-state index in [1.807, 2.05) is 0 Å². The number of nitrogens with one attached hydrogen (secondary N) is 1. The monoisotopic (exact) mass is 279 g/mol. The van der Waals surface area contributed by atoms with E-state index in [-0.39, 0.29) is 5.91 Å². The molecule has 2 nitrogen and oxygen atoms in total. The predicted octanol–water partition coefficient (Wildman–Crippen LogP) is 4.87. The van der Waals surface area contributed by atoms with Crippen molar-refractivity contribution < 1.29 is 4.79 Å². The van der Waals surface area contributed by atoms with Crippen molar-refractivity contribution in [2.24, 2.45) is 11.8 Å². The van der Waals surface area contributed by atoms with Gasteiger partial charge in [0.15, 0.2) is 0 Å². The van der Waals surface area contributed by atoms with Crippen LogP contribution in [-0.4, -0.2) is 12.5 Å². The van der Waals surface area contributed by atoms with Gasteiger partial charge >= 0.3 is 0 Å². The van der Waals surface area contributed by atoms with Gasteiger partial charge in [0, 0.05) is 13.0 Å². The van der Waals surface area contributed by atoms with Crippen LogP contribution in [0.2, 0.25) is 0 Å². The SMILES string of the molecule is CC(C)/C=C/CCCCC(=O)NCCC/C=C/C(C)C. The fourth-order valence-corrected chi connectivity index (χ4v) is 1.82. The van der Waals surface area contributed by atoms with E-state index in [0.29, 0.717) is 18.3 Å². The molecule has 0 aliphatic heterocycles. The molecule has 0 fully saturated rings. The molecule has 0 aromatic rings. The van der Waals surface area contributed by atoms with Gasteiger partial charge in [0.25, 0.3) is 0 Å². The zero-order valence-corrected chi connectivity index (χ0v) is 13.8. The molecule has 0 unspecified atom stereocenters. The molecule has 1 amide bonds. The van der Waals surface area contributed by atoms with E-state index in [0.717, 1.165) is 38.6 Å². The van der Waals surface area contributed by atoms with E-state index in [1.165, 1.54) is 0 Å². The Labute approximate surface area is 125 Å². The molecule has 0 saturated heterocycles. The molecule has 0 radical (unpaired) electrons. The summed E-state index contributed by atoms with van der Waals surface area (Å²) in [5.41, 5.74) is 0. The topological polar surface area (TPSA) is 29.1 Å². The zero-order valence-electron chi connectivity index (χ0n) is 13.8. The maximum absolute atomic E-state index is 11.6. The van der Waals surface area contributed by atoms with Crippen molar-refractivity contribution in [3.05, 3.63) is 24.3 Å². The first-order valence-corrected chi connectivity index (χ1v) is 8.12. The molecule has 2 heteroatoms. The van der Waals surface area contributed by atoms with Crippen molar-refractivity contribution in [2.75, 3.05) is 6.54 Å². The molecule has 0 bridgehead atoms. The molecule has 0 saturated carbocycles. The van der Waals surface area contributed by atoms with Crippen LogP contribution in [0.15, 0.2) is 24.3 Å². The Hall–Kier alpha value is -1.05. The van der Waals surface area contributed by atoms with Crippen molar-refractivity contribution in [1.29, 1.82) is 0 Å². The summed E-state index contributed by atoms with van der Waals surface area (Å²) in [4.78, 5) is 11.6. The summed E-state index contributed by atoms with van der Waals surface area (Å²) in [5, 5.41) is 2.99. The smallest absolute Gasteiger partial charge is 0.219 e. The Balaban J connectivity index is 3.37. The van der Waals surface area contributed by atoms with Crippen LogP contribution in [0.3, 0.4) is 0 Å². The first-order chi connectivity index (χ1) is 9.52. The zero-order chi connectivity index (χ0) is 15.2. The molecular weight excluding hydrogens is 246 g/mol. The molecule has 20 heavy (non-hydrogen) atoms. The fraction of sp³-hybridized carbons (Fsp3) is 0.722. The minimum Gasteiger partial charge on any atom is -0.356 e. The largest absolute Gasteiger partial charge is 0.356 e. The average molecular weight is 279 g/mol. The summed E-state index contributed by atoms with van der Waals surface area (Å²) in [6.45, 7) is 9.51. The number of amides is 1. The van der Waals surface area contributed by atoms with E-state index in [4.69, 9.17) is 0 Å². The number of hydrogen-bond donors (Lipinski definition) is 1. The number of carbonyl (C=O) groups excluding carboxylic acids is 1. The summed E-state index contributed by atoms with van der Waals surface area (Å²) in [5.74, 6) is 1.45. The van der Waals surface area contributed by atoms with E-state index < -0.39 is 0 Å². The van der Waals surface area contributed by atoms with Gasteiger partial charge in [0.2, 0.25) is 5.91 Å². The molecular formula is C18H33NO. The third kappa shape index (κ3) is 15.0. The van der Waals surface area contributed by atoms with Gasteiger partial charge in [0.05, 0.1) is 0 Å². The Morgan fingerprint density at radius 3 is 2.00 bits per heavy atom. The van der Waals surface area contributed by atoms with Crippen molar-refractivity contribution in [2.45, 2.75) is 66.2 Å². The number of allylic oxidation sites excluding steroid dienone is 4. The molecule has 0 aromatic heterocycles. The Morgan fingerprint density at radius 2 is 1.45 bits per heavy atom. The summed E-state index contributed by atoms with van der Waals surface area (Å²) in [6.07, 6.45) is 14.8. The average Bonchev–Trinajstić information content (AvgIpc) is 2.37. The molecule has 0 aliphatic carbocycles. The second-order valence-electron chi connectivity index (χ2n) is 6.08. The van der Waals surface area contributed by atoms with Crippen molar-refractivity contribution in [1.82, 2.24) is 5.32 Å². The van der Waals surface area contributed by atoms with Gasteiger partial charge in [-0.2, -0.15) is 0 Å². The predicted molar refractivity (Wildman–Crippen MR) is 88.7 cm³/mol. The van der Waals surface area contributed by atoms with Crippen molar-refractivity contribution in [3.8, 4) is 0 Å². The highest BCUT2D eigenvalue weighted by atomic mass is 16.1. The Morgan fingerprint density at radius 1 is 0.900 bits per heavy atom. The van der Waals surface area contributed by atoms with Crippen LogP contribution in [-0.2, 0) is 4.79 Å². The third-order valence-electron chi connectivity index (χ3n) is 2.94. The van der Waals surface area contributed by atoms with Gasteiger partial charge in [-0.15, -0.1) is 0 Å². The maximum Gasteiger partial charge on any atom is 0.219 e. The fourth-order valence-electron chi connectivity index (χ4n) is 1.82. The quantitative estimate of drug-likeness (QED) is 0.424. The lowest BCUT2D eigenvalue weighted by Gasteiger charge is -2.03. The van der Waals surface area contributed by atoms with Gasteiger partial charge in [0.1, 0.15) is 0 Å². The second-order valence-corrected chi connectivity index (χ2v) is 6.08. The lowest BCUT2D eigenvalue weighted by atomic mass is 10.1. The molecule has 0 spiro atoms. The van der Waals surface area contributed by atoms with Crippen molar-refractivity contribution >= 4 is 5.91 Å². The van der Waals surface area contributed by atoms with E-state index >= 15 is 0 Å². The van der Waals surface area contributed by atoms with Gasteiger partial charge in [-0.25, -0.2) is 0 Å².